The number of aliphatic hydroxyl groups excluding tert-OH is 1. The molecule has 0 aliphatic carbocycles. The van der Waals surface area contributed by atoms with Gasteiger partial charge in [-0.2, -0.15) is 0 Å². The van der Waals surface area contributed by atoms with Gasteiger partial charge in [0.05, 0.1) is 6.61 Å². The standard InChI is InChI=1S/C15H19NO5/c1-15(2)20-12-10(7-17)19-11(13(12)21-15)8-4-3-5-9(6-8)14(16)18/h3-6,10-13,17H,7H2,1-2H3,(H2,16,18)/t10?,11-,12+,13-/m0/s1. The third-order valence-electron chi connectivity index (χ3n) is 3.83. The molecular formula is C15H19NO5. The summed E-state index contributed by atoms with van der Waals surface area (Å²) in [6, 6.07) is 6.94. The lowest BCUT2D eigenvalue weighted by Crippen LogP contribution is -2.31. The van der Waals surface area contributed by atoms with E-state index in [-0.39, 0.29) is 18.8 Å². The summed E-state index contributed by atoms with van der Waals surface area (Å²) >= 11 is 0. The SMILES string of the molecule is CC1(C)O[C@@H]2[C@H](O1)C(CO)O[C@H]2c1cccc(C(N)=O)c1. The zero-order valence-corrected chi connectivity index (χ0v) is 12.0. The molecule has 2 aliphatic heterocycles. The van der Waals surface area contributed by atoms with Crippen LogP contribution in [0.5, 0.6) is 0 Å². The van der Waals surface area contributed by atoms with Gasteiger partial charge in [0.1, 0.15) is 24.4 Å². The zero-order chi connectivity index (χ0) is 15.2. The molecule has 0 aromatic heterocycles. The Kier molecular flexibility index (Phi) is 3.49. The molecule has 2 heterocycles. The number of primary amides is 1. The van der Waals surface area contributed by atoms with Crippen molar-refractivity contribution in [1.29, 1.82) is 0 Å². The average Bonchev–Trinajstić information content (AvgIpc) is 2.91. The molecule has 6 nitrogen and oxygen atoms in total. The van der Waals surface area contributed by atoms with E-state index >= 15 is 0 Å². The van der Waals surface area contributed by atoms with Crippen LogP contribution in [-0.2, 0) is 14.2 Å². The number of hydrogen-bond acceptors (Lipinski definition) is 5. The van der Waals surface area contributed by atoms with Crippen molar-refractivity contribution in [2.45, 2.75) is 44.1 Å². The molecule has 0 saturated carbocycles. The number of carbonyl (C=O) groups excluding carboxylic acids is 1. The van der Waals surface area contributed by atoms with Gasteiger partial charge in [-0.3, -0.25) is 4.79 Å². The molecule has 0 spiro atoms. The fourth-order valence-electron chi connectivity index (χ4n) is 2.97. The quantitative estimate of drug-likeness (QED) is 0.857. The molecule has 1 aromatic carbocycles. The van der Waals surface area contributed by atoms with Crippen molar-refractivity contribution in [3.63, 3.8) is 0 Å². The van der Waals surface area contributed by atoms with Gasteiger partial charge in [0, 0.05) is 5.56 Å². The molecular weight excluding hydrogens is 274 g/mol. The van der Waals surface area contributed by atoms with Crippen molar-refractivity contribution in [2.75, 3.05) is 6.61 Å². The maximum Gasteiger partial charge on any atom is 0.248 e. The van der Waals surface area contributed by atoms with E-state index in [1.165, 1.54) is 0 Å². The van der Waals surface area contributed by atoms with Crippen LogP contribution in [0.2, 0.25) is 0 Å². The van der Waals surface area contributed by atoms with Crippen LogP contribution in [0, 0.1) is 0 Å². The molecule has 3 rings (SSSR count). The topological polar surface area (TPSA) is 91.0 Å². The first-order chi connectivity index (χ1) is 9.91. The number of ether oxygens (including phenoxy) is 3. The first-order valence-corrected chi connectivity index (χ1v) is 6.93. The molecule has 4 atom stereocenters. The highest BCUT2D eigenvalue weighted by molar-refractivity contribution is 5.92. The van der Waals surface area contributed by atoms with E-state index in [2.05, 4.69) is 0 Å². The molecule has 2 saturated heterocycles. The van der Waals surface area contributed by atoms with Gasteiger partial charge in [-0.25, -0.2) is 0 Å². The second-order valence-corrected chi connectivity index (χ2v) is 5.83. The fraction of sp³-hybridized carbons (Fsp3) is 0.533. The first-order valence-electron chi connectivity index (χ1n) is 6.93. The summed E-state index contributed by atoms with van der Waals surface area (Å²) in [6.45, 7) is 3.51. The monoisotopic (exact) mass is 293 g/mol. The Labute approximate surface area is 122 Å². The van der Waals surface area contributed by atoms with E-state index < -0.39 is 23.9 Å². The first kappa shape index (κ1) is 14.5. The van der Waals surface area contributed by atoms with Gasteiger partial charge in [0.2, 0.25) is 5.91 Å². The lowest BCUT2D eigenvalue weighted by molar-refractivity contribution is -0.191. The lowest BCUT2D eigenvalue weighted by Gasteiger charge is -2.23. The van der Waals surface area contributed by atoms with E-state index in [9.17, 15) is 9.90 Å². The van der Waals surface area contributed by atoms with Crippen LogP contribution in [0.15, 0.2) is 24.3 Å². The van der Waals surface area contributed by atoms with Crippen molar-refractivity contribution in [2.24, 2.45) is 5.73 Å². The van der Waals surface area contributed by atoms with E-state index in [1.807, 2.05) is 19.9 Å². The molecule has 0 radical (unpaired) electrons. The van der Waals surface area contributed by atoms with Crippen LogP contribution in [0.3, 0.4) is 0 Å². The predicted molar refractivity (Wildman–Crippen MR) is 73.5 cm³/mol. The Balaban J connectivity index is 1.92. The summed E-state index contributed by atoms with van der Waals surface area (Å²) < 4.78 is 17.5. The molecule has 1 amide bonds. The van der Waals surface area contributed by atoms with Crippen LogP contribution in [-0.4, -0.2) is 41.7 Å². The molecule has 3 N–H and O–H groups in total. The van der Waals surface area contributed by atoms with Crippen LogP contribution in [0.4, 0.5) is 0 Å². The summed E-state index contributed by atoms with van der Waals surface area (Å²) in [6.07, 6.45) is -1.49. The van der Waals surface area contributed by atoms with Crippen molar-refractivity contribution in [3.05, 3.63) is 35.4 Å². The van der Waals surface area contributed by atoms with Crippen molar-refractivity contribution in [3.8, 4) is 0 Å². The Morgan fingerprint density at radius 2 is 2.05 bits per heavy atom. The number of nitrogens with two attached hydrogens (primary N) is 1. The van der Waals surface area contributed by atoms with Crippen LogP contribution in [0.1, 0.15) is 35.9 Å². The summed E-state index contributed by atoms with van der Waals surface area (Å²) in [7, 11) is 0. The third kappa shape index (κ3) is 2.55. The highest BCUT2D eigenvalue weighted by Gasteiger charge is 2.55. The van der Waals surface area contributed by atoms with Crippen LogP contribution < -0.4 is 5.73 Å². The summed E-state index contributed by atoms with van der Waals surface area (Å²) in [5.74, 6) is -1.21. The second-order valence-electron chi connectivity index (χ2n) is 5.83. The number of fused-ring (bicyclic) bond motifs is 1. The third-order valence-corrected chi connectivity index (χ3v) is 3.83. The highest BCUT2D eigenvalue weighted by Crippen LogP contribution is 2.45. The Morgan fingerprint density at radius 3 is 2.71 bits per heavy atom. The number of rotatable bonds is 3. The van der Waals surface area contributed by atoms with Gasteiger partial charge in [0.15, 0.2) is 5.79 Å². The Morgan fingerprint density at radius 1 is 1.33 bits per heavy atom. The molecule has 2 aliphatic rings. The molecule has 1 aromatic rings. The lowest BCUT2D eigenvalue weighted by atomic mass is 10.00. The normalized spacial score (nSPS) is 33.9. The van der Waals surface area contributed by atoms with Gasteiger partial charge >= 0.3 is 0 Å². The average molecular weight is 293 g/mol. The van der Waals surface area contributed by atoms with E-state index in [0.717, 1.165) is 5.56 Å². The highest BCUT2D eigenvalue weighted by atomic mass is 16.8. The molecule has 114 valence electrons. The van der Waals surface area contributed by atoms with Gasteiger partial charge in [0.25, 0.3) is 0 Å². The maximum absolute atomic E-state index is 11.3. The summed E-state index contributed by atoms with van der Waals surface area (Å²) in [5.41, 5.74) is 6.51. The van der Waals surface area contributed by atoms with Crippen molar-refractivity contribution < 1.29 is 24.1 Å². The molecule has 6 heteroatoms. The number of aliphatic hydroxyl groups is 1. The summed E-state index contributed by atoms with van der Waals surface area (Å²) in [5, 5.41) is 9.46. The van der Waals surface area contributed by atoms with Gasteiger partial charge in [-0.15, -0.1) is 0 Å². The van der Waals surface area contributed by atoms with E-state index in [1.54, 1.807) is 18.2 Å². The number of benzene rings is 1. The molecule has 21 heavy (non-hydrogen) atoms. The minimum Gasteiger partial charge on any atom is -0.394 e. The number of amides is 1. The van der Waals surface area contributed by atoms with Gasteiger partial charge in [-0.1, -0.05) is 12.1 Å². The minimum atomic E-state index is -0.716. The smallest absolute Gasteiger partial charge is 0.248 e. The Bertz CT molecular complexity index is 559. The van der Waals surface area contributed by atoms with Crippen molar-refractivity contribution >= 4 is 5.91 Å². The minimum absolute atomic E-state index is 0.146. The zero-order valence-electron chi connectivity index (χ0n) is 12.0. The largest absolute Gasteiger partial charge is 0.394 e. The molecule has 2 fully saturated rings. The van der Waals surface area contributed by atoms with E-state index in [0.29, 0.717) is 5.56 Å². The van der Waals surface area contributed by atoms with Crippen LogP contribution in [0.25, 0.3) is 0 Å². The number of hydrogen-bond donors (Lipinski definition) is 2. The Hall–Kier alpha value is -1.47. The maximum atomic E-state index is 11.3. The molecule has 1 unspecified atom stereocenters. The second kappa shape index (κ2) is 5.06. The van der Waals surface area contributed by atoms with E-state index in [4.69, 9.17) is 19.9 Å². The van der Waals surface area contributed by atoms with Crippen molar-refractivity contribution in [1.82, 2.24) is 0 Å². The fourth-order valence-corrected chi connectivity index (χ4v) is 2.97. The van der Waals surface area contributed by atoms with Gasteiger partial charge < -0.3 is 25.1 Å². The molecule has 0 bridgehead atoms. The number of carbonyl (C=O) groups is 1. The summed E-state index contributed by atoms with van der Waals surface area (Å²) in [4.78, 5) is 11.3. The van der Waals surface area contributed by atoms with Gasteiger partial charge in [-0.05, 0) is 31.5 Å². The predicted octanol–water partition coefficient (Wildman–Crippen LogP) is 0.738. The van der Waals surface area contributed by atoms with Crippen LogP contribution >= 0.6 is 0 Å².